The SMILES string of the molecule is CN(C)CCCNCCCCCC(=O)O. The van der Waals surface area contributed by atoms with Gasteiger partial charge in [-0.25, -0.2) is 0 Å². The topological polar surface area (TPSA) is 52.6 Å². The molecule has 0 unspecified atom stereocenters. The van der Waals surface area contributed by atoms with Crippen LogP contribution in [0.4, 0.5) is 0 Å². The highest BCUT2D eigenvalue weighted by Crippen LogP contribution is 1.98. The van der Waals surface area contributed by atoms with Crippen LogP contribution in [-0.4, -0.2) is 49.7 Å². The molecule has 0 rings (SSSR count). The predicted molar refractivity (Wildman–Crippen MR) is 62.1 cm³/mol. The maximum atomic E-state index is 10.2. The zero-order valence-electron chi connectivity index (χ0n) is 9.96. The Morgan fingerprint density at radius 1 is 1.13 bits per heavy atom. The number of nitrogens with zero attached hydrogens (tertiary/aromatic N) is 1. The van der Waals surface area contributed by atoms with E-state index in [-0.39, 0.29) is 0 Å². The Balaban J connectivity index is 2.96. The number of carboxylic acid groups (broad SMARTS) is 1. The van der Waals surface area contributed by atoms with Gasteiger partial charge in [-0.1, -0.05) is 6.42 Å². The van der Waals surface area contributed by atoms with Gasteiger partial charge in [-0.3, -0.25) is 4.79 Å². The number of hydrogen-bond donors (Lipinski definition) is 2. The molecule has 0 saturated carbocycles. The minimum Gasteiger partial charge on any atom is -0.481 e. The second-order valence-electron chi connectivity index (χ2n) is 4.11. The first-order valence-electron chi connectivity index (χ1n) is 5.70. The third-order valence-electron chi connectivity index (χ3n) is 2.20. The van der Waals surface area contributed by atoms with Crippen molar-refractivity contribution < 1.29 is 9.90 Å². The summed E-state index contributed by atoms with van der Waals surface area (Å²) in [4.78, 5) is 12.4. The monoisotopic (exact) mass is 216 g/mol. The Morgan fingerprint density at radius 3 is 2.40 bits per heavy atom. The molecule has 0 aliphatic carbocycles. The summed E-state index contributed by atoms with van der Waals surface area (Å²) in [6.07, 6.45) is 4.36. The molecule has 0 aliphatic heterocycles. The van der Waals surface area contributed by atoms with Crippen LogP contribution in [0.3, 0.4) is 0 Å². The number of unbranched alkanes of at least 4 members (excludes halogenated alkanes) is 2. The molecule has 0 bridgehead atoms. The highest BCUT2D eigenvalue weighted by Gasteiger charge is 1.96. The fraction of sp³-hybridized carbons (Fsp3) is 0.909. The Labute approximate surface area is 92.7 Å². The fourth-order valence-corrected chi connectivity index (χ4v) is 1.35. The van der Waals surface area contributed by atoms with Crippen molar-refractivity contribution in [3.05, 3.63) is 0 Å². The maximum absolute atomic E-state index is 10.2. The van der Waals surface area contributed by atoms with E-state index in [1.54, 1.807) is 0 Å². The molecule has 4 heteroatoms. The first kappa shape index (κ1) is 14.4. The minimum atomic E-state index is -0.686. The van der Waals surface area contributed by atoms with Gasteiger partial charge in [0.15, 0.2) is 0 Å². The number of aliphatic carboxylic acids is 1. The smallest absolute Gasteiger partial charge is 0.303 e. The summed E-state index contributed by atoms with van der Waals surface area (Å²) in [6, 6.07) is 0. The average molecular weight is 216 g/mol. The van der Waals surface area contributed by atoms with Crippen molar-refractivity contribution in [2.75, 3.05) is 33.7 Å². The second kappa shape index (κ2) is 9.93. The van der Waals surface area contributed by atoms with Crippen molar-refractivity contribution in [3.63, 3.8) is 0 Å². The number of carboxylic acids is 1. The summed E-state index contributed by atoms with van der Waals surface area (Å²) >= 11 is 0. The summed E-state index contributed by atoms with van der Waals surface area (Å²) in [7, 11) is 4.15. The molecule has 4 nitrogen and oxygen atoms in total. The van der Waals surface area contributed by atoms with Crippen LogP contribution >= 0.6 is 0 Å². The van der Waals surface area contributed by atoms with Gasteiger partial charge in [-0.05, 0) is 53.0 Å². The molecule has 15 heavy (non-hydrogen) atoms. The van der Waals surface area contributed by atoms with E-state index < -0.39 is 5.97 Å². The molecule has 0 fully saturated rings. The van der Waals surface area contributed by atoms with Crippen LogP contribution in [0.2, 0.25) is 0 Å². The van der Waals surface area contributed by atoms with Crippen LogP contribution in [0, 0.1) is 0 Å². The molecular formula is C11H24N2O2. The quantitative estimate of drug-likeness (QED) is 0.538. The highest BCUT2D eigenvalue weighted by molar-refractivity contribution is 5.66. The van der Waals surface area contributed by atoms with Gasteiger partial charge in [-0.15, -0.1) is 0 Å². The zero-order valence-corrected chi connectivity index (χ0v) is 9.96. The molecule has 0 amide bonds. The lowest BCUT2D eigenvalue weighted by molar-refractivity contribution is -0.137. The van der Waals surface area contributed by atoms with E-state index in [9.17, 15) is 4.79 Å². The van der Waals surface area contributed by atoms with E-state index in [2.05, 4.69) is 24.3 Å². The van der Waals surface area contributed by atoms with E-state index in [0.29, 0.717) is 6.42 Å². The second-order valence-corrected chi connectivity index (χ2v) is 4.11. The third kappa shape index (κ3) is 13.4. The molecule has 0 spiro atoms. The van der Waals surface area contributed by atoms with Crippen molar-refractivity contribution in [1.29, 1.82) is 0 Å². The standard InChI is InChI=1S/C11H24N2O2/c1-13(2)10-6-9-12-8-5-3-4-7-11(14)15/h12H,3-10H2,1-2H3,(H,14,15). The molecule has 0 heterocycles. The van der Waals surface area contributed by atoms with Gasteiger partial charge in [-0.2, -0.15) is 0 Å². The lowest BCUT2D eigenvalue weighted by Crippen LogP contribution is -2.22. The van der Waals surface area contributed by atoms with Crippen LogP contribution in [0.15, 0.2) is 0 Å². The lowest BCUT2D eigenvalue weighted by Gasteiger charge is -2.09. The first-order valence-corrected chi connectivity index (χ1v) is 5.70. The van der Waals surface area contributed by atoms with E-state index in [1.165, 1.54) is 6.42 Å². The lowest BCUT2D eigenvalue weighted by atomic mass is 10.2. The molecule has 0 radical (unpaired) electrons. The summed E-state index contributed by atoms with van der Waals surface area (Å²) < 4.78 is 0. The molecule has 0 aromatic rings. The normalized spacial score (nSPS) is 10.9. The van der Waals surface area contributed by atoms with Crippen LogP contribution in [-0.2, 0) is 4.79 Å². The zero-order chi connectivity index (χ0) is 11.5. The number of carbonyl (C=O) groups is 1. The largest absolute Gasteiger partial charge is 0.481 e. The Bertz CT molecular complexity index is 161. The summed E-state index contributed by atoms with van der Waals surface area (Å²) in [5.41, 5.74) is 0. The van der Waals surface area contributed by atoms with Crippen LogP contribution < -0.4 is 5.32 Å². The Hall–Kier alpha value is -0.610. The molecular weight excluding hydrogens is 192 g/mol. The van der Waals surface area contributed by atoms with Crippen molar-refractivity contribution in [3.8, 4) is 0 Å². The van der Waals surface area contributed by atoms with Gasteiger partial charge in [0, 0.05) is 6.42 Å². The molecule has 0 aliphatic rings. The minimum absolute atomic E-state index is 0.306. The maximum Gasteiger partial charge on any atom is 0.303 e. The van der Waals surface area contributed by atoms with Crippen LogP contribution in [0.1, 0.15) is 32.1 Å². The molecule has 0 saturated heterocycles. The number of nitrogens with one attached hydrogen (secondary N) is 1. The van der Waals surface area contributed by atoms with Gasteiger partial charge in [0.25, 0.3) is 0 Å². The fourth-order valence-electron chi connectivity index (χ4n) is 1.35. The molecule has 2 N–H and O–H groups in total. The van der Waals surface area contributed by atoms with E-state index in [4.69, 9.17) is 5.11 Å². The van der Waals surface area contributed by atoms with Gasteiger partial charge in [0.2, 0.25) is 0 Å². The van der Waals surface area contributed by atoms with E-state index >= 15 is 0 Å². The summed E-state index contributed by atoms with van der Waals surface area (Å²) in [6.45, 7) is 3.18. The average Bonchev–Trinajstić information content (AvgIpc) is 2.14. The molecule has 0 atom stereocenters. The van der Waals surface area contributed by atoms with Crippen molar-refractivity contribution in [2.24, 2.45) is 0 Å². The van der Waals surface area contributed by atoms with Crippen LogP contribution in [0.25, 0.3) is 0 Å². The summed E-state index contributed by atoms with van der Waals surface area (Å²) in [5, 5.41) is 11.8. The number of rotatable bonds is 10. The first-order chi connectivity index (χ1) is 7.13. The Morgan fingerprint density at radius 2 is 1.80 bits per heavy atom. The van der Waals surface area contributed by atoms with Crippen molar-refractivity contribution >= 4 is 5.97 Å². The van der Waals surface area contributed by atoms with E-state index in [1.807, 2.05) is 0 Å². The third-order valence-corrected chi connectivity index (χ3v) is 2.20. The molecule has 0 aromatic heterocycles. The van der Waals surface area contributed by atoms with Gasteiger partial charge in [0.1, 0.15) is 0 Å². The van der Waals surface area contributed by atoms with Gasteiger partial charge >= 0.3 is 5.97 Å². The van der Waals surface area contributed by atoms with Crippen LogP contribution in [0.5, 0.6) is 0 Å². The van der Waals surface area contributed by atoms with Gasteiger partial charge in [0.05, 0.1) is 0 Å². The highest BCUT2D eigenvalue weighted by atomic mass is 16.4. The van der Waals surface area contributed by atoms with Crippen molar-refractivity contribution in [2.45, 2.75) is 32.1 Å². The molecule has 90 valence electrons. The molecule has 0 aromatic carbocycles. The number of hydrogen-bond acceptors (Lipinski definition) is 3. The summed E-state index contributed by atoms with van der Waals surface area (Å²) in [5.74, 6) is -0.686. The van der Waals surface area contributed by atoms with E-state index in [0.717, 1.165) is 38.9 Å². The Kier molecular flexibility index (Phi) is 9.52. The van der Waals surface area contributed by atoms with Crippen molar-refractivity contribution in [1.82, 2.24) is 10.2 Å². The van der Waals surface area contributed by atoms with Gasteiger partial charge < -0.3 is 15.3 Å². The predicted octanol–water partition coefficient (Wildman–Crippen LogP) is 1.17.